The van der Waals surface area contributed by atoms with Crippen molar-refractivity contribution in [2.75, 3.05) is 39.8 Å². The fourth-order valence-corrected chi connectivity index (χ4v) is 3.07. The van der Waals surface area contributed by atoms with Crippen molar-refractivity contribution in [2.24, 2.45) is 0 Å². The van der Waals surface area contributed by atoms with Gasteiger partial charge >= 0.3 is 5.63 Å². The van der Waals surface area contributed by atoms with Crippen molar-refractivity contribution in [3.63, 3.8) is 0 Å². The molecule has 6 heteroatoms. The maximum Gasteiger partial charge on any atom is 0.336 e. The molecule has 0 N–H and O–H groups in total. The molecule has 0 atom stereocenters. The van der Waals surface area contributed by atoms with Crippen LogP contribution in [0.3, 0.4) is 0 Å². The Hall–Kier alpha value is -2.34. The normalized spacial score (nSPS) is 15.5. The molecule has 134 valence electrons. The summed E-state index contributed by atoms with van der Waals surface area (Å²) in [6, 6.07) is 6.94. The van der Waals surface area contributed by atoms with Gasteiger partial charge in [0.1, 0.15) is 11.3 Å². The molecule has 1 aliphatic heterocycles. The van der Waals surface area contributed by atoms with Crippen molar-refractivity contribution >= 4 is 16.9 Å². The number of hydrogen-bond donors (Lipinski definition) is 0. The van der Waals surface area contributed by atoms with Crippen molar-refractivity contribution in [3.05, 3.63) is 40.2 Å². The molecule has 0 radical (unpaired) electrons. The molecule has 6 nitrogen and oxygen atoms in total. The highest BCUT2D eigenvalue weighted by atomic mass is 16.5. The van der Waals surface area contributed by atoms with Crippen molar-refractivity contribution < 1.29 is 13.9 Å². The minimum absolute atomic E-state index is 0.00585. The van der Waals surface area contributed by atoms with E-state index < -0.39 is 0 Å². The first-order valence-corrected chi connectivity index (χ1v) is 8.72. The smallest absolute Gasteiger partial charge is 0.336 e. The maximum atomic E-state index is 12.2. The largest absolute Gasteiger partial charge is 0.484 e. The third-order valence-corrected chi connectivity index (χ3v) is 4.54. The second-order valence-corrected chi connectivity index (χ2v) is 6.47. The highest BCUT2D eigenvalue weighted by Crippen LogP contribution is 2.23. The molecule has 0 saturated carbocycles. The molecule has 0 aliphatic carbocycles. The number of fused-ring (bicyclic) bond motifs is 1. The standard InChI is InChI=1S/C19H24N2O4/c1-3-4-14-11-19(23)25-17-12-15(5-6-16(14)17)24-13-18(22)21-9-7-20(2)8-10-21/h5-6,11-12H,3-4,7-10,13H2,1-2H3. The van der Waals surface area contributed by atoms with Crippen LogP contribution >= 0.6 is 0 Å². The Bertz CT molecular complexity index is 807. The Labute approximate surface area is 147 Å². The van der Waals surface area contributed by atoms with Crippen LogP contribution in [0.4, 0.5) is 0 Å². The van der Waals surface area contributed by atoms with E-state index in [1.165, 1.54) is 0 Å². The second kappa shape index (κ2) is 7.70. The number of amides is 1. The summed E-state index contributed by atoms with van der Waals surface area (Å²) in [5, 5.41) is 0.916. The molecule has 1 aromatic carbocycles. The summed E-state index contributed by atoms with van der Waals surface area (Å²) >= 11 is 0. The van der Waals surface area contributed by atoms with Gasteiger partial charge < -0.3 is 19.0 Å². The van der Waals surface area contributed by atoms with Gasteiger partial charge in [0.2, 0.25) is 0 Å². The van der Waals surface area contributed by atoms with E-state index >= 15 is 0 Å². The number of rotatable bonds is 5. The molecule has 25 heavy (non-hydrogen) atoms. The van der Waals surface area contributed by atoms with Gasteiger partial charge in [-0.3, -0.25) is 4.79 Å². The molecule has 2 aromatic rings. The van der Waals surface area contributed by atoms with Crippen LogP contribution in [0.1, 0.15) is 18.9 Å². The summed E-state index contributed by atoms with van der Waals surface area (Å²) in [5.74, 6) is 0.515. The molecule has 0 unspecified atom stereocenters. The van der Waals surface area contributed by atoms with Gasteiger partial charge in [-0.2, -0.15) is 0 Å². The van der Waals surface area contributed by atoms with Crippen LogP contribution in [-0.4, -0.2) is 55.5 Å². The van der Waals surface area contributed by atoms with Crippen molar-refractivity contribution in [1.29, 1.82) is 0 Å². The molecule has 1 aromatic heterocycles. The highest BCUT2D eigenvalue weighted by molar-refractivity contribution is 5.82. The lowest BCUT2D eigenvalue weighted by Gasteiger charge is -2.32. The Morgan fingerprint density at radius 3 is 2.68 bits per heavy atom. The van der Waals surface area contributed by atoms with Gasteiger partial charge in [0.05, 0.1) is 0 Å². The van der Waals surface area contributed by atoms with Crippen LogP contribution in [0.5, 0.6) is 5.75 Å². The Kier molecular flexibility index (Phi) is 5.38. The van der Waals surface area contributed by atoms with Gasteiger partial charge in [-0.25, -0.2) is 4.79 Å². The second-order valence-electron chi connectivity index (χ2n) is 6.47. The number of likely N-dealkylation sites (N-methyl/N-ethyl adjacent to an activating group) is 1. The van der Waals surface area contributed by atoms with E-state index in [4.69, 9.17) is 9.15 Å². The van der Waals surface area contributed by atoms with Crippen LogP contribution in [0, 0.1) is 0 Å². The van der Waals surface area contributed by atoms with E-state index in [2.05, 4.69) is 11.8 Å². The van der Waals surface area contributed by atoms with Gasteiger partial charge in [0.25, 0.3) is 5.91 Å². The molecular formula is C19H24N2O4. The number of hydrogen-bond acceptors (Lipinski definition) is 5. The van der Waals surface area contributed by atoms with Gasteiger partial charge in [-0.1, -0.05) is 13.3 Å². The first-order valence-electron chi connectivity index (χ1n) is 8.72. The fraction of sp³-hybridized carbons (Fsp3) is 0.474. The van der Waals surface area contributed by atoms with E-state index in [0.29, 0.717) is 11.3 Å². The molecule has 2 heterocycles. The first-order chi connectivity index (χ1) is 12.1. The molecule has 1 amide bonds. The number of benzene rings is 1. The number of aryl methyl sites for hydroxylation is 1. The molecule has 1 aliphatic rings. The number of ether oxygens (including phenoxy) is 1. The predicted octanol–water partition coefficient (Wildman–Crippen LogP) is 1.90. The minimum Gasteiger partial charge on any atom is -0.484 e. The van der Waals surface area contributed by atoms with Crippen LogP contribution in [0.2, 0.25) is 0 Å². The molecule has 3 rings (SSSR count). The number of carbonyl (C=O) groups is 1. The Morgan fingerprint density at radius 2 is 1.96 bits per heavy atom. The van der Waals surface area contributed by atoms with E-state index in [-0.39, 0.29) is 18.1 Å². The zero-order valence-electron chi connectivity index (χ0n) is 14.8. The molecule has 1 fully saturated rings. The zero-order chi connectivity index (χ0) is 17.8. The SMILES string of the molecule is CCCc1cc(=O)oc2cc(OCC(=O)N3CCN(C)CC3)ccc12. The van der Waals surface area contributed by atoms with Crippen LogP contribution in [-0.2, 0) is 11.2 Å². The van der Waals surface area contributed by atoms with E-state index in [0.717, 1.165) is 50.0 Å². The van der Waals surface area contributed by atoms with Crippen molar-refractivity contribution in [2.45, 2.75) is 19.8 Å². The summed E-state index contributed by atoms with van der Waals surface area (Å²) in [6.07, 6.45) is 1.78. The van der Waals surface area contributed by atoms with Crippen LogP contribution in [0.15, 0.2) is 33.5 Å². The number of carbonyl (C=O) groups excluding carboxylic acids is 1. The predicted molar refractivity (Wildman–Crippen MR) is 96.1 cm³/mol. The summed E-state index contributed by atoms with van der Waals surface area (Å²) in [7, 11) is 2.05. The lowest BCUT2D eigenvalue weighted by molar-refractivity contribution is -0.134. The topological polar surface area (TPSA) is 63.0 Å². The van der Waals surface area contributed by atoms with Gasteiger partial charge in [-0.05, 0) is 31.2 Å². The maximum absolute atomic E-state index is 12.2. The third kappa shape index (κ3) is 4.20. The van der Waals surface area contributed by atoms with Gasteiger partial charge in [0, 0.05) is 43.7 Å². The Morgan fingerprint density at radius 1 is 1.20 bits per heavy atom. The lowest BCUT2D eigenvalue weighted by Crippen LogP contribution is -2.48. The fourth-order valence-electron chi connectivity index (χ4n) is 3.07. The highest BCUT2D eigenvalue weighted by Gasteiger charge is 2.19. The van der Waals surface area contributed by atoms with E-state index in [9.17, 15) is 9.59 Å². The molecule has 0 spiro atoms. The zero-order valence-corrected chi connectivity index (χ0v) is 14.8. The van der Waals surface area contributed by atoms with E-state index in [1.807, 2.05) is 24.1 Å². The van der Waals surface area contributed by atoms with Crippen molar-refractivity contribution in [3.8, 4) is 5.75 Å². The Balaban J connectivity index is 1.70. The van der Waals surface area contributed by atoms with Gasteiger partial charge in [0.15, 0.2) is 6.61 Å². The summed E-state index contributed by atoms with van der Waals surface area (Å²) in [4.78, 5) is 28.0. The van der Waals surface area contributed by atoms with Crippen LogP contribution in [0.25, 0.3) is 11.0 Å². The van der Waals surface area contributed by atoms with Crippen molar-refractivity contribution in [1.82, 2.24) is 9.80 Å². The third-order valence-electron chi connectivity index (χ3n) is 4.54. The summed E-state index contributed by atoms with van der Waals surface area (Å²) in [5.41, 5.74) is 1.12. The molecule has 0 bridgehead atoms. The summed E-state index contributed by atoms with van der Waals surface area (Å²) < 4.78 is 10.9. The van der Waals surface area contributed by atoms with Gasteiger partial charge in [-0.15, -0.1) is 0 Å². The number of nitrogens with zero attached hydrogens (tertiary/aromatic N) is 2. The molecular weight excluding hydrogens is 320 g/mol. The average Bonchev–Trinajstić information content (AvgIpc) is 2.60. The minimum atomic E-state index is -0.360. The summed E-state index contributed by atoms with van der Waals surface area (Å²) in [6.45, 7) is 5.29. The van der Waals surface area contributed by atoms with E-state index in [1.54, 1.807) is 12.1 Å². The average molecular weight is 344 g/mol. The monoisotopic (exact) mass is 344 g/mol. The number of piperazine rings is 1. The lowest BCUT2D eigenvalue weighted by atomic mass is 10.1. The molecule has 1 saturated heterocycles. The first kappa shape index (κ1) is 17.5. The quantitative estimate of drug-likeness (QED) is 0.775. The van der Waals surface area contributed by atoms with Crippen LogP contribution < -0.4 is 10.4 Å².